The van der Waals surface area contributed by atoms with Gasteiger partial charge >= 0.3 is 0 Å². The summed E-state index contributed by atoms with van der Waals surface area (Å²) in [6.45, 7) is 6.85. The molecule has 1 aromatic rings. The minimum Gasteiger partial charge on any atom is -0.377 e. The van der Waals surface area contributed by atoms with Crippen molar-refractivity contribution in [3.8, 4) is 0 Å². The van der Waals surface area contributed by atoms with Crippen molar-refractivity contribution in [3.63, 3.8) is 0 Å². The van der Waals surface area contributed by atoms with Crippen molar-refractivity contribution in [1.29, 1.82) is 0 Å². The summed E-state index contributed by atoms with van der Waals surface area (Å²) in [5.41, 5.74) is 0.998. The second-order valence-electron chi connectivity index (χ2n) is 4.50. The van der Waals surface area contributed by atoms with Gasteiger partial charge in [-0.1, -0.05) is 12.1 Å². The maximum atomic E-state index is 5.20. The lowest BCUT2D eigenvalue weighted by Crippen LogP contribution is -2.57. The molecular formula is C12H21N3O2. The molecule has 0 saturated carbocycles. The fourth-order valence-corrected chi connectivity index (χ4v) is 2.06. The summed E-state index contributed by atoms with van der Waals surface area (Å²) in [6.07, 6.45) is 1.17. The van der Waals surface area contributed by atoms with Gasteiger partial charge in [0.15, 0.2) is 5.76 Å². The topological polar surface area (TPSA) is 50.5 Å². The van der Waals surface area contributed by atoms with Gasteiger partial charge in [-0.2, -0.15) is 0 Å². The second kappa shape index (κ2) is 6.14. The van der Waals surface area contributed by atoms with Crippen LogP contribution in [0.2, 0.25) is 0 Å². The average Bonchev–Trinajstić information content (AvgIpc) is 2.64. The Labute approximate surface area is 102 Å². The monoisotopic (exact) mass is 239 g/mol. The van der Waals surface area contributed by atoms with Crippen LogP contribution in [-0.2, 0) is 17.9 Å². The van der Waals surface area contributed by atoms with E-state index in [0.717, 1.165) is 37.6 Å². The number of hydrogen-bond donors (Lipinski definition) is 1. The Morgan fingerprint density at radius 2 is 2.41 bits per heavy atom. The highest BCUT2D eigenvalue weighted by Crippen LogP contribution is 2.13. The summed E-state index contributed by atoms with van der Waals surface area (Å²) in [4.78, 5) is 2.46. The third kappa shape index (κ3) is 3.28. The van der Waals surface area contributed by atoms with Crippen molar-refractivity contribution < 1.29 is 9.26 Å². The first-order chi connectivity index (χ1) is 8.33. The van der Waals surface area contributed by atoms with Gasteiger partial charge in [0.1, 0.15) is 6.61 Å². The van der Waals surface area contributed by atoms with Gasteiger partial charge in [0.25, 0.3) is 0 Å². The van der Waals surface area contributed by atoms with Crippen LogP contribution < -0.4 is 5.32 Å². The Morgan fingerprint density at radius 1 is 1.59 bits per heavy atom. The summed E-state index contributed by atoms with van der Waals surface area (Å²) in [7, 11) is 1.66. The number of rotatable bonds is 7. The van der Waals surface area contributed by atoms with E-state index in [9.17, 15) is 0 Å². The van der Waals surface area contributed by atoms with Crippen molar-refractivity contribution in [2.75, 3.05) is 26.7 Å². The van der Waals surface area contributed by atoms with Crippen LogP contribution in [0, 0.1) is 0 Å². The standard InChI is InChI=1S/C12H21N3O2/c1-3-4-15(11-6-13-7-11)8-10-5-12(9-16-2)17-14-10/h5,11,13H,3-4,6-9H2,1-2H3. The minimum atomic E-state index is 0.492. The summed E-state index contributed by atoms with van der Waals surface area (Å²) in [5.74, 6) is 0.797. The van der Waals surface area contributed by atoms with E-state index in [4.69, 9.17) is 9.26 Å². The molecule has 0 aromatic carbocycles. The normalized spacial score (nSPS) is 16.4. The van der Waals surface area contributed by atoms with Gasteiger partial charge in [0, 0.05) is 38.9 Å². The van der Waals surface area contributed by atoms with Crippen molar-refractivity contribution in [1.82, 2.24) is 15.4 Å². The van der Waals surface area contributed by atoms with E-state index in [1.165, 1.54) is 6.42 Å². The highest BCUT2D eigenvalue weighted by molar-refractivity contribution is 5.05. The average molecular weight is 239 g/mol. The van der Waals surface area contributed by atoms with Gasteiger partial charge in [-0.3, -0.25) is 4.90 Å². The Morgan fingerprint density at radius 3 is 3.00 bits per heavy atom. The summed E-state index contributed by atoms with van der Waals surface area (Å²) >= 11 is 0. The Hall–Kier alpha value is -0.910. The van der Waals surface area contributed by atoms with E-state index in [1.807, 2.05) is 6.07 Å². The molecule has 5 heteroatoms. The van der Waals surface area contributed by atoms with Crippen molar-refractivity contribution in [2.24, 2.45) is 0 Å². The minimum absolute atomic E-state index is 0.492. The first kappa shape index (κ1) is 12.5. The van der Waals surface area contributed by atoms with Crippen molar-refractivity contribution >= 4 is 0 Å². The zero-order valence-electron chi connectivity index (χ0n) is 10.6. The molecule has 0 amide bonds. The number of ether oxygens (including phenoxy) is 1. The number of nitrogens with zero attached hydrogens (tertiary/aromatic N) is 2. The van der Waals surface area contributed by atoms with Crippen LogP contribution in [0.15, 0.2) is 10.6 Å². The maximum Gasteiger partial charge on any atom is 0.162 e. The number of hydrogen-bond acceptors (Lipinski definition) is 5. The molecular weight excluding hydrogens is 218 g/mol. The lowest BCUT2D eigenvalue weighted by molar-refractivity contribution is 0.133. The van der Waals surface area contributed by atoms with Crippen molar-refractivity contribution in [3.05, 3.63) is 17.5 Å². The van der Waals surface area contributed by atoms with Gasteiger partial charge in [-0.15, -0.1) is 0 Å². The molecule has 0 unspecified atom stereocenters. The van der Waals surface area contributed by atoms with E-state index < -0.39 is 0 Å². The molecule has 17 heavy (non-hydrogen) atoms. The van der Waals surface area contributed by atoms with Gasteiger partial charge in [0.05, 0.1) is 5.69 Å². The van der Waals surface area contributed by atoms with E-state index in [2.05, 4.69) is 22.3 Å². The Bertz CT molecular complexity index is 336. The highest BCUT2D eigenvalue weighted by Gasteiger charge is 2.24. The molecule has 2 heterocycles. The smallest absolute Gasteiger partial charge is 0.162 e. The van der Waals surface area contributed by atoms with Crippen LogP contribution in [0.5, 0.6) is 0 Å². The lowest BCUT2D eigenvalue weighted by Gasteiger charge is -2.37. The fraction of sp³-hybridized carbons (Fsp3) is 0.750. The van der Waals surface area contributed by atoms with Gasteiger partial charge < -0.3 is 14.6 Å². The molecule has 1 aromatic heterocycles. The molecule has 96 valence electrons. The molecule has 0 aliphatic carbocycles. The lowest BCUT2D eigenvalue weighted by atomic mass is 10.1. The first-order valence-electron chi connectivity index (χ1n) is 6.21. The zero-order chi connectivity index (χ0) is 12.1. The SMILES string of the molecule is CCCN(Cc1cc(COC)on1)C1CNC1. The molecule has 1 aliphatic rings. The van der Waals surface area contributed by atoms with E-state index in [-0.39, 0.29) is 0 Å². The van der Waals surface area contributed by atoms with Crippen LogP contribution in [-0.4, -0.2) is 42.8 Å². The third-order valence-electron chi connectivity index (χ3n) is 3.05. The van der Waals surface area contributed by atoms with Crippen LogP contribution >= 0.6 is 0 Å². The molecule has 2 rings (SSSR count). The van der Waals surface area contributed by atoms with Crippen LogP contribution in [0.1, 0.15) is 24.8 Å². The van der Waals surface area contributed by atoms with Crippen molar-refractivity contribution in [2.45, 2.75) is 32.5 Å². The van der Waals surface area contributed by atoms with E-state index >= 15 is 0 Å². The second-order valence-corrected chi connectivity index (χ2v) is 4.50. The molecule has 0 atom stereocenters. The Kier molecular flexibility index (Phi) is 4.53. The number of aromatic nitrogens is 1. The van der Waals surface area contributed by atoms with Crippen LogP contribution in [0.4, 0.5) is 0 Å². The molecule has 0 bridgehead atoms. The highest BCUT2D eigenvalue weighted by atomic mass is 16.5. The predicted molar refractivity (Wildman–Crippen MR) is 64.6 cm³/mol. The number of methoxy groups -OCH3 is 1. The number of nitrogens with one attached hydrogen (secondary N) is 1. The summed E-state index contributed by atoms with van der Waals surface area (Å²) in [5, 5.41) is 7.39. The quantitative estimate of drug-likeness (QED) is 0.769. The zero-order valence-corrected chi connectivity index (χ0v) is 10.6. The third-order valence-corrected chi connectivity index (χ3v) is 3.05. The van der Waals surface area contributed by atoms with Gasteiger partial charge in [0.2, 0.25) is 0 Å². The Balaban J connectivity index is 1.90. The molecule has 1 saturated heterocycles. The van der Waals surface area contributed by atoms with Crippen LogP contribution in [0.25, 0.3) is 0 Å². The molecule has 1 fully saturated rings. The molecule has 1 aliphatic heterocycles. The molecule has 0 spiro atoms. The maximum absolute atomic E-state index is 5.20. The van der Waals surface area contributed by atoms with E-state index in [0.29, 0.717) is 12.6 Å². The summed E-state index contributed by atoms with van der Waals surface area (Å²) in [6, 6.07) is 2.63. The molecule has 1 N–H and O–H groups in total. The molecule has 0 radical (unpaired) electrons. The first-order valence-corrected chi connectivity index (χ1v) is 6.21. The summed E-state index contributed by atoms with van der Waals surface area (Å²) < 4.78 is 10.2. The molecule has 5 nitrogen and oxygen atoms in total. The fourth-order valence-electron chi connectivity index (χ4n) is 2.06. The predicted octanol–water partition coefficient (Wildman–Crippen LogP) is 1.00. The van der Waals surface area contributed by atoms with Gasteiger partial charge in [-0.05, 0) is 13.0 Å². The van der Waals surface area contributed by atoms with Gasteiger partial charge in [-0.25, -0.2) is 0 Å². The van der Waals surface area contributed by atoms with Crippen LogP contribution in [0.3, 0.4) is 0 Å². The largest absolute Gasteiger partial charge is 0.377 e. The van der Waals surface area contributed by atoms with E-state index in [1.54, 1.807) is 7.11 Å².